The second-order valence-corrected chi connectivity index (χ2v) is 4.34. The lowest BCUT2D eigenvalue weighted by Gasteiger charge is -2.17. The number of benzene rings is 2. The third-order valence-corrected chi connectivity index (χ3v) is 3.08. The molecular formula is C15H15F2NO. The van der Waals surface area contributed by atoms with E-state index >= 15 is 0 Å². The van der Waals surface area contributed by atoms with E-state index in [2.05, 4.69) is 0 Å². The van der Waals surface area contributed by atoms with Crippen molar-refractivity contribution in [2.75, 3.05) is 7.11 Å². The van der Waals surface area contributed by atoms with Gasteiger partial charge in [-0.25, -0.2) is 8.78 Å². The molecule has 2 nitrogen and oxygen atoms in total. The molecule has 19 heavy (non-hydrogen) atoms. The summed E-state index contributed by atoms with van der Waals surface area (Å²) in [6.45, 7) is 1.66. The third kappa shape index (κ3) is 2.58. The van der Waals surface area contributed by atoms with Crippen LogP contribution in [0.2, 0.25) is 0 Å². The van der Waals surface area contributed by atoms with E-state index in [0.717, 1.165) is 0 Å². The van der Waals surface area contributed by atoms with Crippen LogP contribution in [0.1, 0.15) is 22.7 Å². The molecule has 0 heterocycles. The molecule has 0 spiro atoms. The SMILES string of the molecule is COc1ccc(F)cc1C(N)c1cccc(C)c1F. The maximum Gasteiger partial charge on any atom is 0.131 e. The smallest absolute Gasteiger partial charge is 0.131 e. The average molecular weight is 263 g/mol. The summed E-state index contributed by atoms with van der Waals surface area (Å²) in [5.74, 6) is -0.365. The van der Waals surface area contributed by atoms with Crippen LogP contribution in [0.5, 0.6) is 5.75 Å². The van der Waals surface area contributed by atoms with Crippen LogP contribution in [0.4, 0.5) is 8.78 Å². The number of ether oxygens (including phenoxy) is 1. The Morgan fingerprint density at radius 1 is 1.11 bits per heavy atom. The largest absolute Gasteiger partial charge is 0.496 e. The van der Waals surface area contributed by atoms with Gasteiger partial charge in [0, 0.05) is 11.1 Å². The molecule has 0 aliphatic rings. The summed E-state index contributed by atoms with van der Waals surface area (Å²) < 4.78 is 32.5. The highest BCUT2D eigenvalue weighted by molar-refractivity contribution is 5.42. The van der Waals surface area contributed by atoms with Gasteiger partial charge in [0.1, 0.15) is 17.4 Å². The van der Waals surface area contributed by atoms with Crippen LogP contribution < -0.4 is 10.5 Å². The van der Waals surface area contributed by atoms with Gasteiger partial charge in [-0.1, -0.05) is 18.2 Å². The minimum absolute atomic E-state index is 0.323. The zero-order valence-electron chi connectivity index (χ0n) is 10.8. The predicted molar refractivity (Wildman–Crippen MR) is 70.1 cm³/mol. The monoisotopic (exact) mass is 263 g/mol. The maximum absolute atomic E-state index is 14.1. The Hall–Kier alpha value is -1.94. The van der Waals surface area contributed by atoms with E-state index in [4.69, 9.17) is 10.5 Å². The van der Waals surface area contributed by atoms with Gasteiger partial charge in [-0.2, -0.15) is 0 Å². The molecule has 0 amide bonds. The van der Waals surface area contributed by atoms with Gasteiger partial charge in [0.05, 0.1) is 13.2 Å². The fraction of sp³-hybridized carbons (Fsp3) is 0.200. The van der Waals surface area contributed by atoms with Crippen molar-refractivity contribution in [2.24, 2.45) is 5.73 Å². The van der Waals surface area contributed by atoms with E-state index in [1.165, 1.54) is 25.3 Å². The van der Waals surface area contributed by atoms with Gasteiger partial charge in [-0.05, 0) is 30.7 Å². The van der Waals surface area contributed by atoms with Crippen LogP contribution in [-0.2, 0) is 0 Å². The second kappa shape index (κ2) is 5.36. The summed E-state index contributed by atoms with van der Waals surface area (Å²) in [5, 5.41) is 0. The summed E-state index contributed by atoms with van der Waals surface area (Å²) in [6.07, 6.45) is 0. The van der Waals surface area contributed by atoms with Gasteiger partial charge in [0.2, 0.25) is 0 Å². The van der Waals surface area contributed by atoms with Gasteiger partial charge in [0.25, 0.3) is 0 Å². The van der Waals surface area contributed by atoms with Crippen molar-refractivity contribution in [3.63, 3.8) is 0 Å². The standard InChI is InChI=1S/C15H15F2NO/c1-9-4-3-5-11(14(9)17)15(18)12-8-10(16)6-7-13(12)19-2/h3-8,15H,18H2,1-2H3. The van der Waals surface area contributed by atoms with Crippen molar-refractivity contribution in [1.29, 1.82) is 0 Å². The molecule has 2 rings (SSSR count). The summed E-state index contributed by atoms with van der Waals surface area (Å²) in [5.41, 5.74) is 7.29. The lowest BCUT2D eigenvalue weighted by molar-refractivity contribution is 0.406. The Morgan fingerprint density at radius 3 is 2.53 bits per heavy atom. The number of hydrogen-bond donors (Lipinski definition) is 1. The van der Waals surface area contributed by atoms with Gasteiger partial charge in [0.15, 0.2) is 0 Å². The lowest BCUT2D eigenvalue weighted by atomic mass is 9.96. The molecular weight excluding hydrogens is 248 g/mol. The number of rotatable bonds is 3. The van der Waals surface area contributed by atoms with E-state index in [-0.39, 0.29) is 5.82 Å². The van der Waals surface area contributed by atoms with Crippen molar-refractivity contribution in [3.8, 4) is 5.75 Å². The molecule has 0 saturated heterocycles. The quantitative estimate of drug-likeness (QED) is 0.921. The number of nitrogens with two attached hydrogens (primary N) is 1. The first kappa shape index (κ1) is 13.5. The molecule has 0 aliphatic heterocycles. The molecule has 0 aliphatic carbocycles. The van der Waals surface area contributed by atoms with Crippen molar-refractivity contribution in [2.45, 2.75) is 13.0 Å². The van der Waals surface area contributed by atoms with Crippen LogP contribution in [0, 0.1) is 18.6 Å². The highest BCUT2D eigenvalue weighted by Gasteiger charge is 2.19. The van der Waals surface area contributed by atoms with Crippen LogP contribution in [0.3, 0.4) is 0 Å². The molecule has 4 heteroatoms. The average Bonchev–Trinajstić information content (AvgIpc) is 2.41. The molecule has 2 N–H and O–H groups in total. The topological polar surface area (TPSA) is 35.2 Å². The van der Waals surface area contributed by atoms with E-state index in [1.54, 1.807) is 25.1 Å². The summed E-state index contributed by atoms with van der Waals surface area (Å²) in [6, 6.07) is 8.24. The molecule has 2 aromatic carbocycles. The van der Waals surface area contributed by atoms with Gasteiger partial charge < -0.3 is 10.5 Å². The fourth-order valence-corrected chi connectivity index (χ4v) is 2.03. The molecule has 0 aromatic heterocycles. The highest BCUT2D eigenvalue weighted by atomic mass is 19.1. The molecule has 0 radical (unpaired) electrons. The van der Waals surface area contributed by atoms with E-state index < -0.39 is 11.9 Å². The van der Waals surface area contributed by atoms with Crippen LogP contribution in [0.25, 0.3) is 0 Å². The Labute approximate surface area is 110 Å². The minimum Gasteiger partial charge on any atom is -0.496 e. The molecule has 100 valence electrons. The van der Waals surface area contributed by atoms with Crippen molar-refractivity contribution >= 4 is 0 Å². The molecule has 1 unspecified atom stereocenters. The summed E-state index contributed by atoms with van der Waals surface area (Å²) in [7, 11) is 1.47. The third-order valence-electron chi connectivity index (χ3n) is 3.08. The zero-order valence-corrected chi connectivity index (χ0v) is 10.8. The number of aryl methyl sites for hydroxylation is 1. The van der Waals surface area contributed by atoms with Gasteiger partial charge in [-0.3, -0.25) is 0 Å². The molecule has 1 atom stereocenters. The van der Waals surface area contributed by atoms with Crippen LogP contribution in [0.15, 0.2) is 36.4 Å². The van der Waals surface area contributed by atoms with E-state index in [9.17, 15) is 8.78 Å². The minimum atomic E-state index is -0.773. The maximum atomic E-state index is 14.1. The summed E-state index contributed by atoms with van der Waals surface area (Å²) in [4.78, 5) is 0. The number of methoxy groups -OCH3 is 1. The normalized spacial score (nSPS) is 12.3. The van der Waals surface area contributed by atoms with E-state index in [0.29, 0.717) is 22.4 Å². The van der Waals surface area contributed by atoms with Crippen LogP contribution >= 0.6 is 0 Å². The Balaban J connectivity index is 2.52. The van der Waals surface area contributed by atoms with Crippen molar-refractivity contribution in [1.82, 2.24) is 0 Å². The van der Waals surface area contributed by atoms with Gasteiger partial charge >= 0.3 is 0 Å². The van der Waals surface area contributed by atoms with E-state index in [1.807, 2.05) is 0 Å². The van der Waals surface area contributed by atoms with Crippen molar-refractivity contribution in [3.05, 3.63) is 64.7 Å². The molecule has 2 aromatic rings. The Bertz CT molecular complexity index is 599. The first-order chi connectivity index (χ1) is 9.04. The second-order valence-electron chi connectivity index (χ2n) is 4.34. The first-order valence-corrected chi connectivity index (χ1v) is 5.88. The highest BCUT2D eigenvalue weighted by Crippen LogP contribution is 2.30. The zero-order chi connectivity index (χ0) is 14.0. The Morgan fingerprint density at radius 2 is 1.84 bits per heavy atom. The molecule has 0 saturated carbocycles. The van der Waals surface area contributed by atoms with Crippen LogP contribution in [-0.4, -0.2) is 7.11 Å². The summed E-state index contributed by atoms with van der Waals surface area (Å²) >= 11 is 0. The first-order valence-electron chi connectivity index (χ1n) is 5.88. The van der Waals surface area contributed by atoms with Crippen molar-refractivity contribution < 1.29 is 13.5 Å². The fourth-order valence-electron chi connectivity index (χ4n) is 2.03. The molecule has 0 bridgehead atoms. The number of hydrogen-bond acceptors (Lipinski definition) is 2. The lowest BCUT2D eigenvalue weighted by Crippen LogP contribution is -2.15. The molecule has 0 fully saturated rings. The van der Waals surface area contributed by atoms with Gasteiger partial charge in [-0.15, -0.1) is 0 Å². The Kier molecular flexibility index (Phi) is 3.81. The number of halogens is 2. The predicted octanol–water partition coefficient (Wildman–Crippen LogP) is 3.33.